The predicted molar refractivity (Wildman–Crippen MR) is 159 cm³/mol. The van der Waals surface area contributed by atoms with Gasteiger partial charge in [0, 0.05) is 12.3 Å². The quantitative estimate of drug-likeness (QED) is 0.301. The van der Waals surface area contributed by atoms with Crippen molar-refractivity contribution in [3.05, 3.63) is 0 Å². The molecule has 0 aromatic heterocycles. The van der Waals surface area contributed by atoms with Gasteiger partial charge in [-0.3, -0.25) is 0 Å². The molecule has 3 spiro atoms. The molecule has 5 aliphatic carbocycles. The second kappa shape index (κ2) is 9.00. The van der Waals surface area contributed by atoms with Gasteiger partial charge in [0.1, 0.15) is 24.4 Å². The first-order valence-electron chi connectivity index (χ1n) is 17.4. The lowest BCUT2D eigenvalue weighted by Gasteiger charge is -2.64. The summed E-state index contributed by atoms with van der Waals surface area (Å²) in [4.78, 5) is 0. The Hall–Kier alpha value is -0.360. The molecule has 0 aromatic carbocycles. The fourth-order valence-corrected chi connectivity index (χ4v) is 14.0. The summed E-state index contributed by atoms with van der Waals surface area (Å²) in [5, 5.41) is 54.2. The van der Waals surface area contributed by atoms with E-state index in [2.05, 4.69) is 34.6 Å². The number of hydrogen-bond donors (Lipinski definition) is 5. The van der Waals surface area contributed by atoms with Gasteiger partial charge >= 0.3 is 0 Å². The maximum absolute atomic E-state index is 12.4. The van der Waals surface area contributed by atoms with Gasteiger partial charge in [-0.25, -0.2) is 0 Å². The van der Waals surface area contributed by atoms with Crippen LogP contribution < -0.4 is 0 Å². The molecule has 0 aromatic rings. The van der Waals surface area contributed by atoms with Crippen LogP contribution in [0.1, 0.15) is 99.8 Å². The highest BCUT2D eigenvalue weighted by molar-refractivity contribution is 5.34. The molecule has 3 aliphatic heterocycles. The van der Waals surface area contributed by atoms with Gasteiger partial charge in [-0.05, 0) is 104 Å². The summed E-state index contributed by atoms with van der Waals surface area (Å²) in [6.45, 7) is 15.4. The smallest absolute Gasteiger partial charge is 0.186 e. The van der Waals surface area contributed by atoms with Crippen LogP contribution in [0.2, 0.25) is 0 Å². The number of rotatable bonds is 3. The van der Waals surface area contributed by atoms with Crippen molar-refractivity contribution in [2.45, 2.75) is 160 Å². The van der Waals surface area contributed by atoms with E-state index in [0.717, 1.165) is 44.9 Å². The molecule has 9 nitrogen and oxygen atoms in total. The van der Waals surface area contributed by atoms with Gasteiger partial charge in [-0.2, -0.15) is 0 Å². The first-order chi connectivity index (χ1) is 20.4. The largest absolute Gasteiger partial charge is 0.393 e. The van der Waals surface area contributed by atoms with E-state index in [0.29, 0.717) is 12.3 Å². The first-order valence-corrected chi connectivity index (χ1v) is 17.4. The standard InChI is InChI=1S/C35H56O9/c1-17-12-20-27(30(4,5)40)44-35(43-20)15-32(7)26-18(36)13-21-29(2,3)22(42-28-24(39)23(38)19(37)14-41-28)8-9-33(21)16-34(26,33)11-10-31(32,6)25(17)35/h17-28,36-40H,8-16H2,1-7H3/t17-,18-,19+,20-,21-,22-,23+,24+,25-,26+,27+,28+,31-,32+,33+,34-,35-/m1/s1. The minimum atomic E-state index is -1.31. The van der Waals surface area contributed by atoms with Crippen LogP contribution in [0.5, 0.6) is 0 Å². The van der Waals surface area contributed by atoms with E-state index < -0.39 is 42.1 Å². The van der Waals surface area contributed by atoms with Crippen LogP contribution in [0.25, 0.3) is 0 Å². The van der Waals surface area contributed by atoms with E-state index in [1.54, 1.807) is 0 Å². The number of ether oxygens (including phenoxy) is 4. The summed E-state index contributed by atoms with van der Waals surface area (Å²) in [7, 11) is 0. The van der Waals surface area contributed by atoms with Crippen molar-refractivity contribution in [3.8, 4) is 0 Å². The number of aliphatic hydroxyl groups is 5. The molecule has 5 N–H and O–H groups in total. The summed E-state index contributed by atoms with van der Waals surface area (Å²) in [6.07, 6.45) is 1.70. The highest BCUT2D eigenvalue weighted by Crippen LogP contribution is 2.90. The van der Waals surface area contributed by atoms with Gasteiger partial charge in [0.05, 0.1) is 30.5 Å². The highest BCUT2D eigenvalue weighted by atomic mass is 16.8. The van der Waals surface area contributed by atoms with Gasteiger partial charge < -0.3 is 44.5 Å². The maximum atomic E-state index is 12.4. The third kappa shape index (κ3) is 3.53. The summed E-state index contributed by atoms with van der Waals surface area (Å²) in [5.41, 5.74) is -1.28. The number of aliphatic hydroxyl groups excluding tert-OH is 4. The summed E-state index contributed by atoms with van der Waals surface area (Å²) in [6, 6.07) is 0. The molecule has 44 heavy (non-hydrogen) atoms. The van der Waals surface area contributed by atoms with Gasteiger partial charge in [0.2, 0.25) is 0 Å². The molecular formula is C35H56O9. The molecule has 8 rings (SSSR count). The zero-order valence-electron chi connectivity index (χ0n) is 27.7. The van der Waals surface area contributed by atoms with Crippen LogP contribution in [0.4, 0.5) is 0 Å². The molecule has 9 heteroatoms. The lowest BCUT2D eigenvalue weighted by molar-refractivity contribution is -0.304. The molecule has 3 saturated heterocycles. The fraction of sp³-hybridized carbons (Fsp3) is 1.00. The Balaban J connectivity index is 1.10. The Morgan fingerprint density at radius 1 is 0.795 bits per heavy atom. The normalized spacial score (nSPS) is 62.2. The van der Waals surface area contributed by atoms with Crippen molar-refractivity contribution in [1.82, 2.24) is 0 Å². The molecule has 0 unspecified atom stereocenters. The second-order valence-corrected chi connectivity index (χ2v) is 18.4. The Bertz CT molecular complexity index is 1200. The van der Waals surface area contributed by atoms with E-state index in [4.69, 9.17) is 18.9 Å². The molecule has 3 heterocycles. The summed E-state index contributed by atoms with van der Waals surface area (Å²) in [5.74, 6) is 0.319. The Morgan fingerprint density at radius 2 is 1.52 bits per heavy atom. The monoisotopic (exact) mass is 620 g/mol. The molecule has 5 saturated carbocycles. The van der Waals surface area contributed by atoms with Crippen molar-refractivity contribution in [3.63, 3.8) is 0 Å². The zero-order chi connectivity index (χ0) is 31.6. The SMILES string of the molecule is C[C@@H]1C[C@H]2O[C@]3(C[C@@]4(C)[C@@H]5[C@H](O)C[C@@H]6C(C)(C)[C@H](O[C@@H]7OC[C@H](O)[C@H](O)[C@@H]7O)CC[C@]67C[C@]57CC[C@]4(C)[C@@H]13)O[C@@H]2C(C)(C)O. The van der Waals surface area contributed by atoms with Crippen molar-refractivity contribution >= 4 is 0 Å². The average Bonchev–Trinajstić information content (AvgIpc) is 3.38. The lowest BCUT2D eigenvalue weighted by atomic mass is 9.41. The van der Waals surface area contributed by atoms with Crippen LogP contribution in [0.3, 0.4) is 0 Å². The van der Waals surface area contributed by atoms with Gasteiger partial charge in [-0.1, -0.05) is 34.6 Å². The second-order valence-electron chi connectivity index (χ2n) is 18.4. The van der Waals surface area contributed by atoms with Crippen LogP contribution in [-0.2, 0) is 18.9 Å². The first kappa shape index (κ1) is 30.9. The molecule has 2 bridgehead atoms. The number of hydrogen-bond acceptors (Lipinski definition) is 9. The third-order valence-electron chi connectivity index (χ3n) is 15.7. The van der Waals surface area contributed by atoms with E-state index in [-0.39, 0.29) is 69.7 Å². The minimum absolute atomic E-state index is 0.0465. The van der Waals surface area contributed by atoms with Crippen LogP contribution in [0.15, 0.2) is 0 Å². The maximum Gasteiger partial charge on any atom is 0.186 e. The molecular weight excluding hydrogens is 564 g/mol. The fourth-order valence-electron chi connectivity index (χ4n) is 14.0. The molecule has 0 amide bonds. The lowest BCUT2D eigenvalue weighted by Crippen LogP contribution is -2.63. The van der Waals surface area contributed by atoms with Crippen molar-refractivity contribution in [1.29, 1.82) is 0 Å². The van der Waals surface area contributed by atoms with Gasteiger partial charge in [-0.15, -0.1) is 0 Å². The van der Waals surface area contributed by atoms with E-state index in [1.165, 1.54) is 0 Å². The van der Waals surface area contributed by atoms with Gasteiger partial charge in [0.25, 0.3) is 0 Å². The molecule has 8 fully saturated rings. The molecule has 17 atom stereocenters. The van der Waals surface area contributed by atoms with Crippen molar-refractivity contribution in [2.75, 3.05) is 6.61 Å². The van der Waals surface area contributed by atoms with Gasteiger partial charge in [0.15, 0.2) is 12.1 Å². The Kier molecular flexibility index (Phi) is 6.33. The van der Waals surface area contributed by atoms with E-state index in [9.17, 15) is 25.5 Å². The molecule has 0 radical (unpaired) electrons. The van der Waals surface area contributed by atoms with E-state index >= 15 is 0 Å². The van der Waals surface area contributed by atoms with Crippen LogP contribution in [-0.4, -0.2) is 92.5 Å². The van der Waals surface area contributed by atoms with Crippen LogP contribution >= 0.6 is 0 Å². The van der Waals surface area contributed by atoms with Crippen LogP contribution in [0, 0.1) is 50.7 Å². The predicted octanol–water partition coefficient (Wildman–Crippen LogP) is 3.12. The summed E-state index contributed by atoms with van der Waals surface area (Å²) < 4.78 is 25.9. The highest BCUT2D eigenvalue weighted by Gasteiger charge is 2.87. The molecule has 8 aliphatic rings. The summed E-state index contributed by atoms with van der Waals surface area (Å²) >= 11 is 0. The Morgan fingerprint density at radius 3 is 2.23 bits per heavy atom. The third-order valence-corrected chi connectivity index (χ3v) is 15.7. The minimum Gasteiger partial charge on any atom is -0.393 e. The topological polar surface area (TPSA) is 138 Å². The van der Waals surface area contributed by atoms with E-state index in [1.807, 2.05) is 13.8 Å². The molecule has 250 valence electrons. The zero-order valence-corrected chi connectivity index (χ0v) is 27.7. The number of fused-ring (bicyclic) bond motifs is 4. The van der Waals surface area contributed by atoms with Crippen molar-refractivity contribution in [2.24, 2.45) is 50.7 Å². The van der Waals surface area contributed by atoms with Crippen molar-refractivity contribution < 1.29 is 44.5 Å². The average molecular weight is 621 g/mol. The Labute approximate surface area is 262 Å².